The highest BCUT2D eigenvalue weighted by Crippen LogP contribution is 2.45. The molecule has 1 aliphatic heterocycles. The van der Waals surface area contributed by atoms with E-state index in [0.717, 1.165) is 32.6 Å². The molecule has 0 aliphatic carbocycles. The van der Waals surface area contributed by atoms with Crippen LogP contribution in [0.15, 0.2) is 102 Å². The Balaban J connectivity index is 1.41. The molecule has 0 saturated heterocycles. The van der Waals surface area contributed by atoms with Crippen LogP contribution in [0.4, 0.5) is 11.4 Å². The molecule has 1 N–H and O–H groups in total. The van der Waals surface area contributed by atoms with E-state index in [0.29, 0.717) is 6.42 Å². The van der Waals surface area contributed by atoms with Gasteiger partial charge in [-0.15, -0.1) is 11.8 Å². The number of para-hydroxylation sites is 1. The Morgan fingerprint density at radius 1 is 0.875 bits per heavy atom. The predicted octanol–water partition coefficient (Wildman–Crippen LogP) is 6.05. The van der Waals surface area contributed by atoms with Crippen molar-refractivity contribution in [2.24, 2.45) is 0 Å². The maximum absolute atomic E-state index is 13.3. The maximum atomic E-state index is 13.3. The fourth-order valence-corrected chi connectivity index (χ4v) is 5.35. The average molecular weight is 439 g/mol. The Bertz CT molecular complexity index is 1280. The molecule has 2 amide bonds. The topological polar surface area (TPSA) is 49.4 Å². The smallest absolute Gasteiger partial charge is 0.244 e. The molecule has 0 fully saturated rings. The van der Waals surface area contributed by atoms with Crippen LogP contribution in [-0.4, -0.2) is 18.4 Å². The fraction of sp³-hybridized carbons (Fsp3) is 0.111. The second-order valence-corrected chi connectivity index (χ2v) is 8.99. The van der Waals surface area contributed by atoms with Crippen molar-refractivity contribution in [3.05, 3.63) is 103 Å². The molecule has 1 atom stereocenters. The minimum atomic E-state index is -0.215. The highest BCUT2D eigenvalue weighted by atomic mass is 32.2. The summed E-state index contributed by atoms with van der Waals surface area (Å²) >= 11 is 1.68. The molecule has 5 heteroatoms. The lowest BCUT2D eigenvalue weighted by molar-refractivity contribution is -0.121. The molecule has 1 unspecified atom stereocenters. The fourth-order valence-electron chi connectivity index (χ4n) is 4.07. The first-order valence-electron chi connectivity index (χ1n) is 10.6. The molecule has 1 aliphatic rings. The number of carbonyl (C=O) groups excluding carboxylic acids is 2. The number of thioether (sulfide) groups is 1. The van der Waals surface area contributed by atoms with Gasteiger partial charge in [-0.25, -0.2) is 0 Å². The van der Waals surface area contributed by atoms with Crippen LogP contribution in [0.1, 0.15) is 17.2 Å². The molecular weight excluding hydrogens is 416 g/mol. The third-order valence-electron chi connectivity index (χ3n) is 5.62. The van der Waals surface area contributed by atoms with Gasteiger partial charge in [0.25, 0.3) is 0 Å². The molecule has 4 nitrogen and oxygen atoms in total. The number of anilines is 2. The van der Waals surface area contributed by atoms with E-state index in [1.54, 1.807) is 16.7 Å². The third kappa shape index (κ3) is 4.12. The number of amides is 2. The summed E-state index contributed by atoms with van der Waals surface area (Å²) in [4.78, 5) is 28.9. The standard InChI is InChI=1S/C27H22N2O2S/c30-26(28-22-14-8-12-19-9-4-5-13-21(19)22)18-29-23-15-6-7-16-24(23)32-25(17-27(29)31)20-10-2-1-3-11-20/h1-16,25H,17-18H2,(H,28,30). The lowest BCUT2D eigenvalue weighted by atomic mass is 10.1. The van der Waals surface area contributed by atoms with E-state index in [-0.39, 0.29) is 23.6 Å². The zero-order chi connectivity index (χ0) is 21.9. The maximum Gasteiger partial charge on any atom is 0.244 e. The number of hydrogen-bond donors (Lipinski definition) is 1. The van der Waals surface area contributed by atoms with Crippen molar-refractivity contribution < 1.29 is 9.59 Å². The van der Waals surface area contributed by atoms with Gasteiger partial charge in [0.2, 0.25) is 11.8 Å². The molecule has 4 aromatic rings. The van der Waals surface area contributed by atoms with Crippen LogP contribution in [0.2, 0.25) is 0 Å². The van der Waals surface area contributed by atoms with Crippen molar-refractivity contribution in [2.75, 3.05) is 16.8 Å². The first-order valence-corrected chi connectivity index (χ1v) is 11.5. The van der Waals surface area contributed by atoms with Crippen molar-refractivity contribution >= 4 is 45.7 Å². The largest absolute Gasteiger partial charge is 0.324 e. The summed E-state index contributed by atoms with van der Waals surface area (Å²) in [5.74, 6) is -0.267. The Hall–Kier alpha value is -3.57. The monoisotopic (exact) mass is 438 g/mol. The Kier molecular flexibility index (Phi) is 5.65. The van der Waals surface area contributed by atoms with E-state index >= 15 is 0 Å². The summed E-state index contributed by atoms with van der Waals surface area (Å²) in [6, 6.07) is 31.6. The lowest BCUT2D eigenvalue weighted by Crippen LogP contribution is -2.38. The molecule has 0 saturated carbocycles. The first-order chi connectivity index (χ1) is 15.7. The zero-order valence-corrected chi connectivity index (χ0v) is 18.2. The molecular formula is C27H22N2O2S. The SMILES string of the molecule is O=C(CN1C(=O)CC(c2ccccc2)Sc2ccccc21)Nc1cccc2ccccc12. The van der Waals surface area contributed by atoms with Gasteiger partial charge in [0, 0.05) is 27.6 Å². The van der Waals surface area contributed by atoms with Gasteiger partial charge >= 0.3 is 0 Å². The van der Waals surface area contributed by atoms with Crippen LogP contribution in [0.25, 0.3) is 10.8 Å². The number of carbonyl (C=O) groups is 2. The molecule has 0 aromatic heterocycles. The van der Waals surface area contributed by atoms with Gasteiger partial charge in [0.15, 0.2) is 0 Å². The Labute approximate surface area is 191 Å². The van der Waals surface area contributed by atoms with Crippen LogP contribution in [-0.2, 0) is 9.59 Å². The second kappa shape index (κ2) is 8.89. The van der Waals surface area contributed by atoms with Gasteiger partial charge in [-0.3, -0.25) is 9.59 Å². The highest BCUT2D eigenvalue weighted by molar-refractivity contribution is 7.99. The Morgan fingerprint density at radius 2 is 1.59 bits per heavy atom. The van der Waals surface area contributed by atoms with Gasteiger partial charge in [-0.05, 0) is 29.1 Å². The van der Waals surface area contributed by atoms with Gasteiger partial charge in [-0.2, -0.15) is 0 Å². The van der Waals surface area contributed by atoms with E-state index in [1.807, 2.05) is 84.9 Å². The molecule has 0 radical (unpaired) electrons. The van der Waals surface area contributed by atoms with E-state index < -0.39 is 0 Å². The molecule has 5 rings (SSSR count). The van der Waals surface area contributed by atoms with Crippen molar-refractivity contribution in [1.82, 2.24) is 0 Å². The van der Waals surface area contributed by atoms with E-state index in [4.69, 9.17) is 0 Å². The summed E-state index contributed by atoms with van der Waals surface area (Å²) in [6.07, 6.45) is 0.338. The van der Waals surface area contributed by atoms with Gasteiger partial charge < -0.3 is 10.2 Å². The molecule has 32 heavy (non-hydrogen) atoms. The van der Waals surface area contributed by atoms with Crippen LogP contribution < -0.4 is 10.2 Å². The van der Waals surface area contributed by atoms with Crippen molar-refractivity contribution in [3.63, 3.8) is 0 Å². The number of rotatable bonds is 4. The van der Waals surface area contributed by atoms with E-state index in [9.17, 15) is 9.59 Å². The van der Waals surface area contributed by atoms with Crippen LogP contribution in [0.5, 0.6) is 0 Å². The summed E-state index contributed by atoms with van der Waals surface area (Å²) in [6.45, 7) is -0.0266. The number of nitrogens with zero attached hydrogens (tertiary/aromatic N) is 1. The van der Waals surface area contributed by atoms with Gasteiger partial charge in [0.05, 0.1) is 5.69 Å². The molecule has 158 valence electrons. The van der Waals surface area contributed by atoms with Gasteiger partial charge in [-0.1, -0.05) is 78.9 Å². The number of benzene rings is 4. The van der Waals surface area contributed by atoms with E-state index in [2.05, 4.69) is 17.4 Å². The molecule has 1 heterocycles. The predicted molar refractivity (Wildman–Crippen MR) is 131 cm³/mol. The first kappa shape index (κ1) is 20.3. The molecule has 0 bridgehead atoms. The quantitative estimate of drug-likeness (QED) is 0.422. The third-order valence-corrected chi connectivity index (χ3v) is 6.95. The second-order valence-electron chi connectivity index (χ2n) is 7.74. The minimum absolute atomic E-state index is 0.0102. The minimum Gasteiger partial charge on any atom is -0.324 e. The van der Waals surface area contributed by atoms with Crippen molar-refractivity contribution in [3.8, 4) is 0 Å². The Morgan fingerprint density at radius 3 is 2.47 bits per heavy atom. The average Bonchev–Trinajstić information content (AvgIpc) is 2.96. The van der Waals surface area contributed by atoms with Gasteiger partial charge in [0.1, 0.15) is 6.54 Å². The highest BCUT2D eigenvalue weighted by Gasteiger charge is 2.30. The van der Waals surface area contributed by atoms with E-state index in [1.165, 1.54) is 0 Å². The van der Waals surface area contributed by atoms with Crippen molar-refractivity contribution in [2.45, 2.75) is 16.6 Å². The van der Waals surface area contributed by atoms with Crippen molar-refractivity contribution in [1.29, 1.82) is 0 Å². The van der Waals surface area contributed by atoms with Crippen LogP contribution >= 0.6 is 11.8 Å². The number of fused-ring (bicyclic) bond motifs is 2. The van der Waals surface area contributed by atoms with Crippen LogP contribution in [0.3, 0.4) is 0 Å². The summed E-state index contributed by atoms with van der Waals surface area (Å²) in [5, 5.41) is 5.05. The molecule has 0 spiro atoms. The summed E-state index contributed by atoms with van der Waals surface area (Å²) in [7, 11) is 0. The number of hydrogen-bond acceptors (Lipinski definition) is 3. The zero-order valence-electron chi connectivity index (χ0n) is 17.4. The lowest BCUT2D eigenvalue weighted by Gasteiger charge is -2.22. The van der Waals surface area contributed by atoms with Crippen LogP contribution in [0, 0.1) is 0 Å². The summed E-state index contributed by atoms with van der Waals surface area (Å²) in [5.41, 5.74) is 2.65. The normalized spacial score (nSPS) is 15.8. The molecule has 4 aromatic carbocycles. The number of nitrogens with one attached hydrogen (secondary N) is 1. The summed E-state index contributed by atoms with van der Waals surface area (Å²) < 4.78 is 0.